The van der Waals surface area contributed by atoms with E-state index in [2.05, 4.69) is 25.9 Å². The number of hydrogen-bond acceptors (Lipinski definition) is 4. The van der Waals surface area contributed by atoms with E-state index in [0.717, 1.165) is 20.0 Å². The molecule has 0 bridgehead atoms. The number of nitrogens with zero attached hydrogens (tertiary/aromatic N) is 2. The molecule has 2 aromatic rings. The van der Waals surface area contributed by atoms with Gasteiger partial charge >= 0.3 is 0 Å². The van der Waals surface area contributed by atoms with Crippen molar-refractivity contribution in [3.05, 3.63) is 46.8 Å². The Hall–Kier alpha value is -0.910. The highest BCUT2D eigenvalue weighted by Crippen LogP contribution is 2.30. The highest BCUT2D eigenvalue weighted by atomic mass is 79.9. The van der Waals surface area contributed by atoms with E-state index in [1.807, 2.05) is 18.2 Å². The minimum Gasteiger partial charge on any atom is -0.392 e. The van der Waals surface area contributed by atoms with E-state index in [1.54, 1.807) is 18.6 Å². The zero-order chi connectivity index (χ0) is 11.4. The number of benzene rings is 1. The second-order valence-corrected chi connectivity index (χ2v) is 5.03. The Morgan fingerprint density at radius 3 is 2.88 bits per heavy atom. The van der Waals surface area contributed by atoms with E-state index in [9.17, 15) is 5.11 Å². The molecule has 16 heavy (non-hydrogen) atoms. The molecule has 1 aromatic carbocycles. The van der Waals surface area contributed by atoms with E-state index >= 15 is 0 Å². The van der Waals surface area contributed by atoms with Gasteiger partial charge in [-0.1, -0.05) is 33.8 Å². The van der Waals surface area contributed by atoms with Crippen molar-refractivity contribution in [1.29, 1.82) is 0 Å². The predicted molar refractivity (Wildman–Crippen MR) is 66.2 cm³/mol. The number of rotatable bonds is 3. The first-order valence-corrected chi connectivity index (χ1v) is 6.23. The maximum Gasteiger partial charge on any atom is 0.119 e. The molecule has 0 saturated heterocycles. The molecule has 0 amide bonds. The van der Waals surface area contributed by atoms with Crippen LogP contribution in [0.2, 0.25) is 0 Å². The van der Waals surface area contributed by atoms with Gasteiger partial charge in [-0.2, -0.15) is 0 Å². The molecule has 0 aliphatic heterocycles. The Bertz CT molecular complexity index is 479. The summed E-state index contributed by atoms with van der Waals surface area (Å²) in [7, 11) is 0. The van der Waals surface area contributed by atoms with Crippen molar-refractivity contribution in [1.82, 2.24) is 9.97 Å². The van der Waals surface area contributed by atoms with E-state index in [0.29, 0.717) is 0 Å². The molecule has 2 rings (SSSR count). The van der Waals surface area contributed by atoms with Gasteiger partial charge in [-0.25, -0.2) is 4.98 Å². The second kappa shape index (κ2) is 5.43. The number of aromatic nitrogens is 2. The first-order valence-electron chi connectivity index (χ1n) is 4.63. The molecule has 0 aliphatic rings. The summed E-state index contributed by atoms with van der Waals surface area (Å²) in [6.45, 7) is 0.0237. The lowest BCUT2D eigenvalue weighted by atomic mass is 10.2. The Balaban J connectivity index is 2.30. The molecule has 0 aliphatic carbocycles. The summed E-state index contributed by atoms with van der Waals surface area (Å²) in [5, 5.41) is 10.0. The van der Waals surface area contributed by atoms with Crippen LogP contribution in [0.3, 0.4) is 0 Å². The quantitative estimate of drug-likeness (QED) is 0.946. The van der Waals surface area contributed by atoms with Gasteiger partial charge in [0.15, 0.2) is 0 Å². The molecule has 82 valence electrons. The van der Waals surface area contributed by atoms with Crippen LogP contribution in [0.25, 0.3) is 0 Å². The number of aliphatic hydroxyl groups is 1. The van der Waals surface area contributed by atoms with E-state index in [1.165, 1.54) is 11.8 Å². The van der Waals surface area contributed by atoms with Crippen LogP contribution in [-0.4, -0.2) is 15.1 Å². The monoisotopic (exact) mass is 296 g/mol. The average molecular weight is 297 g/mol. The van der Waals surface area contributed by atoms with Crippen LogP contribution < -0.4 is 0 Å². The third kappa shape index (κ3) is 2.81. The molecular formula is C11H9BrN2OS. The summed E-state index contributed by atoms with van der Waals surface area (Å²) in [5.41, 5.74) is 0.888. The van der Waals surface area contributed by atoms with Crippen LogP contribution in [0, 0.1) is 0 Å². The number of halogens is 1. The summed E-state index contributed by atoms with van der Waals surface area (Å²) in [4.78, 5) is 9.17. The molecule has 1 heterocycles. The van der Waals surface area contributed by atoms with Gasteiger partial charge in [-0.05, 0) is 17.7 Å². The van der Waals surface area contributed by atoms with Gasteiger partial charge in [0.05, 0.1) is 12.8 Å². The van der Waals surface area contributed by atoms with Crippen LogP contribution in [0.5, 0.6) is 0 Å². The highest BCUT2D eigenvalue weighted by Gasteiger charge is 2.05. The fourth-order valence-corrected chi connectivity index (χ4v) is 2.62. The summed E-state index contributed by atoms with van der Waals surface area (Å²) in [5.74, 6) is 0. The SMILES string of the molecule is OCc1ccc(Br)cc1Sc1cnccn1. The van der Waals surface area contributed by atoms with E-state index in [4.69, 9.17) is 0 Å². The average Bonchev–Trinajstić information content (AvgIpc) is 2.31. The van der Waals surface area contributed by atoms with E-state index < -0.39 is 0 Å². The van der Waals surface area contributed by atoms with Crippen LogP contribution >= 0.6 is 27.7 Å². The van der Waals surface area contributed by atoms with Crippen molar-refractivity contribution in [2.45, 2.75) is 16.5 Å². The zero-order valence-corrected chi connectivity index (χ0v) is 10.7. The lowest BCUT2D eigenvalue weighted by Crippen LogP contribution is -1.88. The molecule has 0 spiro atoms. The van der Waals surface area contributed by atoms with Crippen molar-refractivity contribution in [2.24, 2.45) is 0 Å². The van der Waals surface area contributed by atoms with Gasteiger partial charge in [0.1, 0.15) is 5.03 Å². The Labute approximate surface area is 106 Å². The summed E-state index contributed by atoms with van der Waals surface area (Å²) >= 11 is 4.90. The lowest BCUT2D eigenvalue weighted by Gasteiger charge is -2.06. The summed E-state index contributed by atoms with van der Waals surface area (Å²) in [6, 6.07) is 5.76. The fraction of sp³-hybridized carbons (Fsp3) is 0.0909. The van der Waals surface area contributed by atoms with Gasteiger partial charge in [-0.15, -0.1) is 0 Å². The zero-order valence-electron chi connectivity index (χ0n) is 8.30. The number of aliphatic hydroxyl groups excluding tert-OH is 1. The van der Waals surface area contributed by atoms with Gasteiger partial charge in [0, 0.05) is 21.8 Å². The minimum atomic E-state index is 0.0237. The third-order valence-electron chi connectivity index (χ3n) is 1.95. The van der Waals surface area contributed by atoms with E-state index in [-0.39, 0.29) is 6.61 Å². The molecule has 0 fully saturated rings. The predicted octanol–water partition coefficient (Wildman–Crippen LogP) is 2.88. The van der Waals surface area contributed by atoms with Crippen LogP contribution in [-0.2, 0) is 6.61 Å². The van der Waals surface area contributed by atoms with Crippen LogP contribution in [0.4, 0.5) is 0 Å². The summed E-state index contributed by atoms with van der Waals surface area (Å²) < 4.78 is 0.982. The lowest BCUT2D eigenvalue weighted by molar-refractivity contribution is 0.279. The van der Waals surface area contributed by atoms with Crippen LogP contribution in [0.15, 0.2) is 51.2 Å². The topological polar surface area (TPSA) is 46.0 Å². The van der Waals surface area contributed by atoms with Crippen molar-refractivity contribution in [3.8, 4) is 0 Å². The van der Waals surface area contributed by atoms with Gasteiger partial charge in [-0.3, -0.25) is 4.98 Å². The molecule has 0 atom stereocenters. The molecule has 1 aromatic heterocycles. The highest BCUT2D eigenvalue weighted by molar-refractivity contribution is 9.10. The molecule has 0 radical (unpaired) electrons. The molecule has 3 nitrogen and oxygen atoms in total. The second-order valence-electron chi connectivity index (χ2n) is 3.06. The van der Waals surface area contributed by atoms with Gasteiger partial charge in [0.2, 0.25) is 0 Å². The molecule has 0 unspecified atom stereocenters. The molecular weight excluding hydrogens is 288 g/mol. The maximum absolute atomic E-state index is 9.22. The largest absolute Gasteiger partial charge is 0.392 e. The first kappa shape index (κ1) is 11.6. The molecule has 5 heteroatoms. The Morgan fingerprint density at radius 2 is 2.19 bits per heavy atom. The van der Waals surface area contributed by atoms with Gasteiger partial charge in [0.25, 0.3) is 0 Å². The van der Waals surface area contributed by atoms with Crippen molar-refractivity contribution in [3.63, 3.8) is 0 Å². The fourth-order valence-electron chi connectivity index (χ4n) is 1.20. The van der Waals surface area contributed by atoms with Crippen molar-refractivity contribution in [2.75, 3.05) is 0 Å². The first-order chi connectivity index (χ1) is 7.79. The minimum absolute atomic E-state index is 0.0237. The number of hydrogen-bond donors (Lipinski definition) is 1. The smallest absolute Gasteiger partial charge is 0.119 e. The van der Waals surface area contributed by atoms with Crippen LogP contribution in [0.1, 0.15) is 5.56 Å². The molecule has 0 saturated carbocycles. The van der Waals surface area contributed by atoms with Gasteiger partial charge < -0.3 is 5.11 Å². The standard InChI is InChI=1S/C11H9BrN2OS/c12-9-2-1-8(7-15)10(5-9)16-11-6-13-3-4-14-11/h1-6,15H,7H2. The van der Waals surface area contributed by atoms with Crippen molar-refractivity contribution >= 4 is 27.7 Å². The normalized spacial score (nSPS) is 10.4. The van der Waals surface area contributed by atoms with Crippen molar-refractivity contribution < 1.29 is 5.11 Å². The third-order valence-corrected chi connectivity index (χ3v) is 3.47. The molecule has 1 N–H and O–H groups in total. The Morgan fingerprint density at radius 1 is 1.31 bits per heavy atom. The Kier molecular flexibility index (Phi) is 3.93. The maximum atomic E-state index is 9.22. The summed E-state index contributed by atoms with van der Waals surface area (Å²) in [6.07, 6.45) is 4.99.